The van der Waals surface area contributed by atoms with E-state index in [1.165, 1.54) is 6.07 Å². The Labute approximate surface area is 160 Å². The van der Waals surface area contributed by atoms with Gasteiger partial charge >= 0.3 is 0 Å². The van der Waals surface area contributed by atoms with Gasteiger partial charge in [0.25, 0.3) is 4.83 Å². The van der Waals surface area contributed by atoms with E-state index in [1.807, 2.05) is 12.1 Å². The zero-order valence-electron chi connectivity index (χ0n) is 14.6. The monoisotopic (exact) mass is 391 g/mol. The van der Waals surface area contributed by atoms with Crippen LogP contribution in [0.1, 0.15) is 18.4 Å². The van der Waals surface area contributed by atoms with Gasteiger partial charge in [-0.3, -0.25) is 4.90 Å². The molecule has 3 aromatic rings. The number of hydrogen-bond donors (Lipinski definition) is 1. The van der Waals surface area contributed by atoms with E-state index in [0.717, 1.165) is 58.4 Å². The molecule has 1 aromatic carbocycles. The first-order valence-corrected chi connectivity index (χ1v) is 10.7. The Bertz CT molecular complexity index is 921. The van der Waals surface area contributed by atoms with Gasteiger partial charge in [0.05, 0.1) is 0 Å². The molecule has 7 heteroatoms. The largest absolute Gasteiger partial charge is 0.366 e. The summed E-state index contributed by atoms with van der Waals surface area (Å²) in [7, 11) is -0.143. The first-order chi connectivity index (χ1) is 12.6. The van der Waals surface area contributed by atoms with Crippen LogP contribution in [-0.4, -0.2) is 34.0 Å². The summed E-state index contributed by atoms with van der Waals surface area (Å²) in [5.41, 5.74) is 1.03. The maximum absolute atomic E-state index is 13.3. The van der Waals surface area contributed by atoms with Gasteiger partial charge in [-0.15, -0.1) is 0 Å². The van der Waals surface area contributed by atoms with Crippen LogP contribution >= 0.6 is 22.1 Å². The van der Waals surface area contributed by atoms with Crippen LogP contribution in [0.15, 0.2) is 36.7 Å². The van der Waals surface area contributed by atoms with Crippen molar-refractivity contribution in [1.82, 2.24) is 14.9 Å². The van der Waals surface area contributed by atoms with Gasteiger partial charge in [0.15, 0.2) is 0 Å². The maximum atomic E-state index is 13.3. The van der Waals surface area contributed by atoms with Crippen LogP contribution in [0.25, 0.3) is 10.2 Å². The number of hydrogen-bond acceptors (Lipinski definition) is 4. The number of halogens is 2. The third-order valence-electron chi connectivity index (χ3n) is 4.91. The molecule has 4 nitrogen and oxygen atoms in total. The number of fused-ring (bicyclic) bond motifs is 1. The highest BCUT2D eigenvalue weighted by Crippen LogP contribution is 2.39. The van der Waals surface area contributed by atoms with Gasteiger partial charge in [0, 0.05) is 42.2 Å². The molecule has 4 rings (SSSR count). The highest BCUT2D eigenvalue weighted by molar-refractivity contribution is 7.38. The van der Waals surface area contributed by atoms with Gasteiger partial charge in [-0.05, 0) is 42.1 Å². The molecule has 1 aliphatic rings. The van der Waals surface area contributed by atoms with E-state index in [2.05, 4.69) is 26.4 Å². The normalized spacial score (nSPS) is 17.0. The van der Waals surface area contributed by atoms with E-state index >= 15 is 0 Å². The van der Waals surface area contributed by atoms with Gasteiger partial charge in [-0.1, -0.05) is 12.1 Å². The third-order valence-corrected chi connectivity index (χ3v) is 7.32. The second kappa shape index (κ2) is 7.47. The van der Waals surface area contributed by atoms with Crippen LogP contribution in [-0.2, 0) is 12.8 Å². The molecule has 0 radical (unpaired) electrons. The van der Waals surface area contributed by atoms with Crippen LogP contribution in [0.4, 0.5) is 10.2 Å². The Balaban J connectivity index is 1.39. The number of likely N-dealkylation sites (tertiary alicyclic amines) is 1. The van der Waals surface area contributed by atoms with Gasteiger partial charge < -0.3 is 5.32 Å². The van der Waals surface area contributed by atoms with Crippen LogP contribution in [0.5, 0.6) is 0 Å². The minimum absolute atomic E-state index is 0.143. The first kappa shape index (κ1) is 17.6. The number of thiophene rings is 1. The van der Waals surface area contributed by atoms with E-state index in [-0.39, 0.29) is 16.3 Å². The number of aromatic nitrogens is 2. The average molecular weight is 392 g/mol. The summed E-state index contributed by atoms with van der Waals surface area (Å²) in [6, 6.07) is 9.23. The zero-order valence-corrected chi connectivity index (χ0v) is 16.2. The standard InChI is InChI=1S/C19H21ClFN4S/c1-26-17(20)10-16-18(22-12-23-19(16)26)24-15-5-7-25(8-6-15)11-13-3-2-4-14(21)9-13/h2-4,9-10,12,15H,5-8,11H2,1H3,(H,22,23,24)/q+1. The summed E-state index contributed by atoms with van der Waals surface area (Å²) in [6.45, 7) is 2.76. The molecule has 1 fully saturated rings. The molecular weight excluding hydrogens is 371 g/mol. The summed E-state index contributed by atoms with van der Waals surface area (Å²) in [4.78, 5) is 12.2. The molecule has 1 aliphatic heterocycles. The molecule has 0 saturated carbocycles. The lowest BCUT2D eigenvalue weighted by molar-refractivity contribution is 0.211. The predicted molar refractivity (Wildman–Crippen MR) is 106 cm³/mol. The van der Waals surface area contributed by atoms with Crippen molar-refractivity contribution in [3.63, 3.8) is 0 Å². The molecular formula is C19H21ClFN4S+. The molecule has 0 aliphatic carbocycles. The van der Waals surface area contributed by atoms with Gasteiger partial charge in [-0.2, -0.15) is 4.98 Å². The molecule has 0 spiro atoms. The highest BCUT2D eigenvalue weighted by Gasteiger charge is 2.23. The molecule has 0 amide bonds. The molecule has 2 aromatic heterocycles. The predicted octanol–water partition coefficient (Wildman–Crippen LogP) is 4.78. The number of aryl methyl sites for hydroxylation is 1. The Hall–Kier alpha value is -1.76. The van der Waals surface area contributed by atoms with Crippen LogP contribution < -0.4 is 5.32 Å². The lowest BCUT2D eigenvalue weighted by atomic mass is 10.0. The third kappa shape index (κ3) is 3.68. The Morgan fingerprint density at radius 2 is 2.08 bits per heavy atom. The number of rotatable bonds is 4. The van der Waals surface area contributed by atoms with E-state index in [4.69, 9.17) is 11.6 Å². The molecule has 1 N–H and O–H groups in total. The second-order valence-corrected chi connectivity index (χ2v) is 9.20. The Morgan fingerprint density at radius 3 is 2.85 bits per heavy atom. The summed E-state index contributed by atoms with van der Waals surface area (Å²) in [6.07, 6.45) is 5.77. The van der Waals surface area contributed by atoms with Crippen molar-refractivity contribution in [2.24, 2.45) is 6.26 Å². The summed E-state index contributed by atoms with van der Waals surface area (Å²) in [5, 5.41) is 4.61. The fourth-order valence-electron chi connectivity index (χ4n) is 3.49. The van der Waals surface area contributed by atoms with E-state index in [1.54, 1.807) is 18.5 Å². The summed E-state index contributed by atoms with van der Waals surface area (Å²) >= 11 is 6.29. The number of piperidine rings is 1. The lowest BCUT2D eigenvalue weighted by Gasteiger charge is -2.32. The molecule has 0 bridgehead atoms. The topological polar surface area (TPSA) is 41.0 Å². The minimum Gasteiger partial charge on any atom is -0.366 e. The molecule has 1 atom stereocenters. The second-order valence-electron chi connectivity index (χ2n) is 6.72. The first-order valence-electron chi connectivity index (χ1n) is 8.71. The molecule has 136 valence electrons. The van der Waals surface area contributed by atoms with E-state index in [9.17, 15) is 4.39 Å². The number of anilines is 1. The molecule has 1 unspecified atom stereocenters. The fraction of sp³-hybridized carbons (Fsp3) is 0.368. The number of benzene rings is 1. The summed E-state index contributed by atoms with van der Waals surface area (Å²) in [5.74, 6) is 0.715. The summed E-state index contributed by atoms with van der Waals surface area (Å²) < 4.78 is 14.2. The fourth-order valence-corrected chi connectivity index (χ4v) is 4.98. The maximum Gasteiger partial charge on any atom is 0.280 e. The van der Waals surface area contributed by atoms with Crippen molar-refractivity contribution in [3.8, 4) is 0 Å². The van der Waals surface area contributed by atoms with Crippen LogP contribution in [0.3, 0.4) is 0 Å². The average Bonchev–Trinajstić information content (AvgIpc) is 2.93. The van der Waals surface area contributed by atoms with Crippen molar-refractivity contribution < 1.29 is 4.39 Å². The SMILES string of the molecule is C[s+]1c(Cl)cc2c(NC3CCN(Cc4cccc(F)c4)CC3)ncnc21. The highest BCUT2D eigenvalue weighted by atomic mass is 35.5. The molecule has 1 saturated heterocycles. The molecule has 26 heavy (non-hydrogen) atoms. The van der Waals surface area contributed by atoms with Crippen molar-refractivity contribution >= 4 is 38.1 Å². The lowest BCUT2D eigenvalue weighted by Crippen LogP contribution is -2.38. The van der Waals surface area contributed by atoms with Crippen LogP contribution in [0.2, 0.25) is 4.34 Å². The quantitative estimate of drug-likeness (QED) is 0.649. The van der Waals surface area contributed by atoms with Crippen molar-refractivity contribution in [2.45, 2.75) is 25.4 Å². The van der Waals surface area contributed by atoms with Crippen molar-refractivity contribution in [1.29, 1.82) is 0 Å². The minimum atomic E-state index is -0.168. The zero-order chi connectivity index (χ0) is 18.1. The smallest absolute Gasteiger partial charge is 0.280 e. The van der Waals surface area contributed by atoms with Gasteiger partial charge in [0.1, 0.15) is 29.6 Å². The van der Waals surface area contributed by atoms with E-state index in [0.29, 0.717) is 6.04 Å². The number of nitrogens with zero attached hydrogens (tertiary/aromatic N) is 3. The van der Waals surface area contributed by atoms with Crippen LogP contribution in [0, 0.1) is 5.82 Å². The van der Waals surface area contributed by atoms with Crippen molar-refractivity contribution in [3.05, 3.63) is 52.4 Å². The molecule has 3 heterocycles. The van der Waals surface area contributed by atoms with E-state index < -0.39 is 0 Å². The Kier molecular flexibility index (Phi) is 5.07. The van der Waals surface area contributed by atoms with Gasteiger partial charge in [-0.25, -0.2) is 9.37 Å². The number of nitrogens with one attached hydrogen (secondary N) is 1. The Morgan fingerprint density at radius 1 is 1.27 bits per heavy atom. The van der Waals surface area contributed by atoms with Crippen molar-refractivity contribution in [2.75, 3.05) is 18.4 Å². The van der Waals surface area contributed by atoms with Gasteiger partial charge in [0.2, 0.25) is 4.34 Å².